The number of aryl methyl sites for hydroxylation is 13. The summed E-state index contributed by atoms with van der Waals surface area (Å²) in [6.07, 6.45) is 0. The fourth-order valence-electron chi connectivity index (χ4n) is 16.4. The summed E-state index contributed by atoms with van der Waals surface area (Å²) in [5, 5.41) is 26.7. The quantitative estimate of drug-likeness (QED) is 0.139. The maximum absolute atomic E-state index is 9.12. The standard InChI is InChI=1S/2C15H12N2.C15H15N.2C14H10N2.2C14H13N.3CH4/c1-10-4-6-14-12(8-10)13-9-11(16-2)5-7-15(13)17(14)3;1-10-4-6-12-13-7-5-11(16-2)9-15(13)17(3)14(12)8-10;1-10-4-6-14-12(8-10)13-9-11(2)5-7-15(13)16(14)3;1-15-11-7-5-9-13-14(11)10-6-3-4-8-12(10)16(13)2;1-16-13-8-3-2-6-11(13)12-7-4-5-10(9-15)14(12)16;1-10-7-8-14-12(9-10)11-5-3-4-6-13(11)15(14)2;1-10-7-8-12-11-5-3-4-6-13(11)15(2)14(12)9-10;;;/h2*4-9H,1,3H3;4-9H,1-3H3;3-9H,2H3;2-8H,1H3;2*3-9H,1-2H3;3*1H4. The van der Waals surface area contributed by atoms with Crippen LogP contribution in [0.25, 0.3) is 167 Å². The van der Waals surface area contributed by atoms with E-state index in [4.69, 9.17) is 25.0 Å². The third-order valence-corrected chi connectivity index (χ3v) is 22.1. The number of hydrogen-bond acceptors (Lipinski definition) is 1. The van der Waals surface area contributed by atoms with Gasteiger partial charge in [0.25, 0.3) is 0 Å². The molecule has 115 heavy (non-hydrogen) atoms. The van der Waals surface area contributed by atoms with E-state index in [9.17, 15) is 0 Å². The molecule has 568 valence electrons. The van der Waals surface area contributed by atoms with Crippen molar-refractivity contribution in [3.05, 3.63) is 352 Å². The van der Waals surface area contributed by atoms with Crippen molar-refractivity contribution >= 4 is 170 Å². The van der Waals surface area contributed by atoms with E-state index in [0.717, 1.165) is 44.0 Å². The third kappa shape index (κ3) is 14.8. The van der Waals surface area contributed by atoms with Gasteiger partial charge in [0.15, 0.2) is 17.1 Å². The lowest BCUT2D eigenvalue weighted by Crippen LogP contribution is -1.89. The number of fused-ring (bicyclic) bond motifs is 21. The van der Waals surface area contributed by atoms with Gasteiger partial charge in [0.05, 0.1) is 30.8 Å². The summed E-state index contributed by atoms with van der Waals surface area (Å²) in [5.74, 6) is 0. The summed E-state index contributed by atoms with van der Waals surface area (Å²) in [6.45, 7) is 34.2. The zero-order chi connectivity index (χ0) is 78.3. The molecule has 14 aromatic carbocycles. The molecular weight excluding hydrogens is 1400 g/mol. The van der Waals surface area contributed by atoms with E-state index in [2.05, 4.69) is 323 Å². The summed E-state index contributed by atoms with van der Waals surface area (Å²) < 4.78 is 15.3. The van der Waals surface area contributed by atoms with Crippen molar-refractivity contribution in [3.63, 3.8) is 0 Å². The Bertz CT molecular complexity index is 7410. The van der Waals surface area contributed by atoms with Crippen LogP contribution in [-0.2, 0) is 49.3 Å². The molecule has 0 aliphatic carbocycles. The molecule has 0 bridgehead atoms. The van der Waals surface area contributed by atoms with Gasteiger partial charge in [-0.25, -0.2) is 14.5 Å². The molecule has 0 aliphatic heterocycles. The van der Waals surface area contributed by atoms with Gasteiger partial charge in [-0.2, -0.15) is 5.26 Å². The van der Waals surface area contributed by atoms with Gasteiger partial charge in [-0.15, -0.1) is 0 Å². The van der Waals surface area contributed by atoms with Gasteiger partial charge in [-0.3, -0.25) is 0 Å². The minimum atomic E-state index is 0. The van der Waals surface area contributed by atoms with E-state index in [1.807, 2.05) is 99.0 Å². The Labute approximate surface area is 674 Å². The lowest BCUT2D eigenvalue weighted by Gasteiger charge is -1.98. The predicted octanol–water partition coefficient (Wildman–Crippen LogP) is 28.6. The van der Waals surface area contributed by atoms with Crippen molar-refractivity contribution in [1.82, 2.24) is 32.0 Å². The molecule has 0 aliphatic rings. The predicted molar refractivity (Wildman–Crippen MR) is 495 cm³/mol. The first-order chi connectivity index (χ1) is 54.3. The van der Waals surface area contributed by atoms with Crippen LogP contribution >= 0.6 is 0 Å². The molecule has 21 rings (SSSR count). The Morgan fingerprint density at radius 3 is 0.965 bits per heavy atom. The molecule has 0 radical (unpaired) electrons. The summed E-state index contributed by atoms with van der Waals surface area (Å²) in [6, 6.07) is 98.8. The van der Waals surface area contributed by atoms with E-state index in [0.29, 0.717) is 11.4 Å². The fraction of sp³-hybridized carbons (Fsp3) is 0.154. The highest BCUT2D eigenvalue weighted by atomic mass is 15.0. The number of nitrogens with zero attached hydrogens (tertiary/aromatic N) is 11. The second-order valence-electron chi connectivity index (χ2n) is 29.3. The Hall–Kier alpha value is -14.4. The normalized spacial score (nSPS) is 10.8. The monoisotopic (exact) mass is 1500 g/mol. The maximum atomic E-state index is 9.12. The van der Waals surface area contributed by atoms with Crippen LogP contribution in [0.2, 0.25) is 0 Å². The Morgan fingerprint density at radius 1 is 0.235 bits per heavy atom. The van der Waals surface area contributed by atoms with Crippen molar-refractivity contribution < 1.29 is 0 Å². The number of hydrogen-bond donors (Lipinski definition) is 0. The van der Waals surface area contributed by atoms with Gasteiger partial charge >= 0.3 is 0 Å². The first-order valence-electron chi connectivity index (χ1n) is 37.5. The molecule has 0 amide bonds. The summed E-state index contributed by atoms with van der Waals surface area (Å²) in [4.78, 5) is 10.6. The highest BCUT2D eigenvalue weighted by molar-refractivity contribution is 6.16. The summed E-state index contributed by atoms with van der Waals surface area (Å²) in [7, 11) is 14.6. The molecule has 0 unspecified atom stereocenters. The van der Waals surface area contributed by atoms with Crippen molar-refractivity contribution in [2.45, 2.75) is 63.8 Å². The highest BCUT2D eigenvalue weighted by Crippen LogP contribution is 2.38. The number of aromatic nitrogens is 7. The third-order valence-electron chi connectivity index (χ3n) is 22.1. The van der Waals surface area contributed by atoms with E-state index in [-0.39, 0.29) is 22.3 Å². The van der Waals surface area contributed by atoms with Crippen molar-refractivity contribution in [2.75, 3.05) is 0 Å². The van der Waals surface area contributed by atoms with Gasteiger partial charge in [0, 0.05) is 186 Å². The molecule has 7 heterocycles. The van der Waals surface area contributed by atoms with Crippen LogP contribution in [-0.4, -0.2) is 32.0 Å². The lowest BCUT2D eigenvalue weighted by molar-refractivity contribution is 1.01. The molecule has 11 nitrogen and oxygen atoms in total. The van der Waals surface area contributed by atoms with Crippen molar-refractivity contribution in [3.8, 4) is 6.07 Å². The molecule has 21 aromatic rings. The van der Waals surface area contributed by atoms with Crippen molar-refractivity contribution in [1.29, 1.82) is 5.26 Å². The molecule has 0 spiro atoms. The van der Waals surface area contributed by atoms with Crippen LogP contribution < -0.4 is 0 Å². The van der Waals surface area contributed by atoms with E-state index in [1.165, 1.54) is 153 Å². The van der Waals surface area contributed by atoms with Crippen LogP contribution in [0.1, 0.15) is 61.2 Å². The molecule has 0 atom stereocenters. The molecule has 0 N–H and O–H groups in total. The Kier molecular flexibility index (Phi) is 23.2. The van der Waals surface area contributed by atoms with Crippen LogP contribution in [0.3, 0.4) is 0 Å². The van der Waals surface area contributed by atoms with Gasteiger partial charge in [0.1, 0.15) is 6.07 Å². The molecule has 0 fully saturated rings. The average molecular weight is 1500 g/mol. The van der Waals surface area contributed by atoms with Gasteiger partial charge in [0.2, 0.25) is 0 Å². The van der Waals surface area contributed by atoms with Gasteiger partial charge < -0.3 is 32.0 Å². The van der Waals surface area contributed by atoms with E-state index < -0.39 is 0 Å². The van der Waals surface area contributed by atoms with Crippen LogP contribution in [0.4, 0.5) is 17.1 Å². The molecule has 0 saturated carbocycles. The van der Waals surface area contributed by atoms with Crippen LogP contribution in [0.5, 0.6) is 0 Å². The Balaban J connectivity index is 0.000000123. The van der Waals surface area contributed by atoms with Crippen LogP contribution in [0.15, 0.2) is 279 Å². The Morgan fingerprint density at radius 2 is 0.513 bits per heavy atom. The second-order valence-corrected chi connectivity index (χ2v) is 29.3. The minimum Gasteiger partial charge on any atom is -0.345 e. The minimum absolute atomic E-state index is 0. The first-order valence-corrected chi connectivity index (χ1v) is 37.5. The second kappa shape index (κ2) is 33.3. The molecule has 7 aromatic heterocycles. The number of para-hydroxylation sites is 5. The number of rotatable bonds is 0. The van der Waals surface area contributed by atoms with Crippen molar-refractivity contribution in [2.24, 2.45) is 49.3 Å². The molecule has 0 saturated heterocycles. The average Bonchev–Trinajstić information content (AvgIpc) is 1.44. The molecular formula is C104H97N11. The topological polar surface area (TPSA) is 71.4 Å². The maximum Gasteiger partial charge on any atom is 0.197 e. The lowest BCUT2D eigenvalue weighted by atomic mass is 10.1. The van der Waals surface area contributed by atoms with E-state index in [1.54, 1.807) is 0 Å². The number of nitriles is 1. The smallest absolute Gasteiger partial charge is 0.197 e. The van der Waals surface area contributed by atoms with Crippen LogP contribution in [0, 0.1) is 72.6 Å². The first kappa shape index (κ1) is 80.2. The summed E-state index contributed by atoms with van der Waals surface area (Å²) >= 11 is 0. The van der Waals surface area contributed by atoms with E-state index >= 15 is 0 Å². The fourth-order valence-corrected chi connectivity index (χ4v) is 16.4. The van der Waals surface area contributed by atoms with Gasteiger partial charge in [-0.1, -0.05) is 208 Å². The summed E-state index contributed by atoms with van der Waals surface area (Å²) in [5.41, 5.74) is 27.7. The largest absolute Gasteiger partial charge is 0.345 e. The van der Waals surface area contributed by atoms with Gasteiger partial charge in [-0.05, 0) is 179 Å². The number of benzene rings is 14. The zero-order valence-corrected chi connectivity index (χ0v) is 65.5. The highest BCUT2D eigenvalue weighted by Gasteiger charge is 2.16. The zero-order valence-electron chi connectivity index (χ0n) is 65.5. The molecule has 11 heteroatoms. The SMILES string of the molecule is C.C.C.Cc1ccc2c(c1)c1cc(C)ccc1n2C.Cc1ccc2c(c1)c1ccccc1n2C.Cc1ccc2c3ccccc3n(C)c2c1.Cn1c2ccccc2c2cccc(C#N)c21.[C-]#[N+]c1ccc2c(c1)c1cc(C)ccc1n2C.[C-]#[N+]c1ccc2c3ccc(C)cc3n(C)c2c1.[C-]#[N+]c1cccc2c1c1ccccc1n2C.